The van der Waals surface area contributed by atoms with Crippen molar-refractivity contribution in [3.63, 3.8) is 0 Å². The highest BCUT2D eigenvalue weighted by molar-refractivity contribution is 5.95. The second-order valence-electron chi connectivity index (χ2n) is 15.5. The molecule has 2 aromatic carbocycles. The first-order chi connectivity index (χ1) is 25.7. The third kappa shape index (κ3) is 8.81. The number of halogens is 1. The summed E-state index contributed by atoms with van der Waals surface area (Å²) in [6.45, 7) is 7.09. The Labute approximate surface area is 310 Å². The number of nitrogens with zero attached hydrogens (tertiary/aromatic N) is 5. The quantitative estimate of drug-likeness (QED) is 0.342. The van der Waals surface area contributed by atoms with Crippen LogP contribution in [0.5, 0.6) is 0 Å². The van der Waals surface area contributed by atoms with E-state index in [0.717, 1.165) is 51.9 Å². The molecule has 1 saturated carbocycles. The molecule has 1 atom stereocenters. The first-order valence-electron chi connectivity index (χ1n) is 19.7. The maximum atomic E-state index is 15.0. The van der Waals surface area contributed by atoms with Crippen molar-refractivity contribution < 1.29 is 23.5 Å². The second-order valence-corrected chi connectivity index (χ2v) is 15.5. The van der Waals surface area contributed by atoms with E-state index in [4.69, 9.17) is 4.74 Å². The number of ether oxygens (including phenoxy) is 1. The summed E-state index contributed by atoms with van der Waals surface area (Å²) in [6.07, 6.45) is 10.4. The normalized spacial score (nSPS) is 20.5. The molecule has 1 unspecified atom stereocenters. The van der Waals surface area contributed by atoms with Gasteiger partial charge in [0.1, 0.15) is 5.82 Å². The van der Waals surface area contributed by atoms with Gasteiger partial charge in [0.15, 0.2) is 0 Å². The van der Waals surface area contributed by atoms with Crippen LogP contribution in [0.2, 0.25) is 0 Å². The Bertz CT molecular complexity index is 1820. The average molecular weight is 729 g/mol. The monoisotopic (exact) mass is 728 g/mol. The van der Waals surface area contributed by atoms with Crippen LogP contribution in [0.25, 0.3) is 10.8 Å². The van der Waals surface area contributed by atoms with Crippen molar-refractivity contribution in [2.24, 2.45) is 11.8 Å². The van der Waals surface area contributed by atoms with Crippen molar-refractivity contribution in [2.75, 3.05) is 58.9 Å². The number of carbonyl (C=O) groups is 3. The number of nitrogens with one attached hydrogen (secondary N) is 1. The van der Waals surface area contributed by atoms with E-state index >= 15 is 0 Å². The van der Waals surface area contributed by atoms with Crippen LogP contribution in [0.1, 0.15) is 86.3 Å². The van der Waals surface area contributed by atoms with Crippen molar-refractivity contribution in [1.29, 1.82) is 0 Å². The SMILES string of the molecule is CC(C(=O)N1CCC(OC2CCN(CC(=O)N3CCN(C(=O)c4cc(Cc5n[nH]c(=O)c6ccccc56)ccc4F)CC3)CC2)CC1)C1CCCCC1. The van der Waals surface area contributed by atoms with Crippen molar-refractivity contribution >= 4 is 28.5 Å². The fourth-order valence-electron chi connectivity index (χ4n) is 8.78. The fraction of sp³-hybridized carbons (Fsp3) is 0.585. The molecule has 0 radical (unpaired) electrons. The van der Waals surface area contributed by atoms with Crippen LogP contribution in [0.15, 0.2) is 47.3 Å². The molecular formula is C41H53FN6O5. The molecule has 0 spiro atoms. The summed E-state index contributed by atoms with van der Waals surface area (Å²) in [7, 11) is 0. The summed E-state index contributed by atoms with van der Waals surface area (Å²) < 4.78 is 21.5. The van der Waals surface area contributed by atoms with E-state index in [9.17, 15) is 23.6 Å². The molecular weight excluding hydrogens is 675 g/mol. The molecule has 1 aliphatic carbocycles. The number of carbonyl (C=O) groups excluding carboxylic acids is 3. The minimum Gasteiger partial charge on any atom is -0.375 e. The molecule has 3 saturated heterocycles. The number of likely N-dealkylation sites (tertiary alicyclic amines) is 2. The van der Waals surface area contributed by atoms with Crippen LogP contribution in [0, 0.1) is 17.7 Å². The zero-order chi connectivity index (χ0) is 36.9. The minimum atomic E-state index is -0.594. The predicted molar refractivity (Wildman–Crippen MR) is 200 cm³/mol. The van der Waals surface area contributed by atoms with Gasteiger partial charge in [-0.25, -0.2) is 9.49 Å². The Morgan fingerprint density at radius 2 is 1.45 bits per heavy atom. The number of piperazine rings is 1. The molecule has 7 rings (SSSR count). The number of aromatic amines is 1. The standard InChI is InChI=1S/C41H53FN6O5/c1-28(30-7-3-2-4-8-30)40(51)47-19-15-32(16-20-47)53-31-13-17-45(18-14-31)27-38(49)46-21-23-48(24-22-46)41(52)35-25-29(11-12-36(35)42)26-37-33-9-5-6-10-34(33)39(50)44-43-37/h5-6,9-12,25,28,30-32H,2-4,7-8,13-24,26-27H2,1H3,(H,44,50). The Hall–Kier alpha value is -4.16. The third-order valence-corrected chi connectivity index (χ3v) is 12.1. The van der Waals surface area contributed by atoms with Gasteiger partial charge >= 0.3 is 0 Å². The molecule has 1 aromatic heterocycles. The Kier molecular flexibility index (Phi) is 11.8. The second kappa shape index (κ2) is 16.9. The van der Waals surface area contributed by atoms with E-state index in [1.807, 2.05) is 12.1 Å². The zero-order valence-electron chi connectivity index (χ0n) is 30.9. The Balaban J connectivity index is 0.829. The molecule has 4 aliphatic rings. The third-order valence-electron chi connectivity index (χ3n) is 12.1. The first-order valence-corrected chi connectivity index (χ1v) is 19.7. The van der Waals surface area contributed by atoms with Crippen LogP contribution in [-0.4, -0.2) is 119 Å². The van der Waals surface area contributed by atoms with Gasteiger partial charge in [-0.2, -0.15) is 5.10 Å². The van der Waals surface area contributed by atoms with E-state index in [-0.39, 0.29) is 35.2 Å². The molecule has 4 heterocycles. The molecule has 3 aliphatic heterocycles. The van der Waals surface area contributed by atoms with Gasteiger partial charge in [0.2, 0.25) is 11.8 Å². The number of fused-ring (bicyclic) bond motifs is 1. The maximum Gasteiger partial charge on any atom is 0.272 e. The van der Waals surface area contributed by atoms with Crippen molar-refractivity contribution in [2.45, 2.75) is 83.3 Å². The van der Waals surface area contributed by atoms with E-state index in [2.05, 4.69) is 26.9 Å². The highest BCUT2D eigenvalue weighted by Crippen LogP contribution is 2.32. The number of hydrogen-bond donors (Lipinski definition) is 1. The molecule has 3 aromatic rings. The van der Waals surface area contributed by atoms with Gasteiger partial charge in [0, 0.05) is 70.1 Å². The highest BCUT2D eigenvalue weighted by Gasteiger charge is 2.33. The number of piperidine rings is 2. The molecule has 1 N–H and O–H groups in total. The topological polar surface area (TPSA) is 119 Å². The van der Waals surface area contributed by atoms with Crippen LogP contribution in [0.3, 0.4) is 0 Å². The minimum absolute atomic E-state index is 0.00982. The van der Waals surface area contributed by atoms with Crippen LogP contribution in [-0.2, 0) is 20.7 Å². The van der Waals surface area contributed by atoms with E-state index in [0.29, 0.717) is 73.0 Å². The van der Waals surface area contributed by atoms with Gasteiger partial charge in [-0.1, -0.05) is 50.5 Å². The van der Waals surface area contributed by atoms with Gasteiger partial charge < -0.3 is 19.4 Å². The van der Waals surface area contributed by atoms with E-state index in [1.165, 1.54) is 38.2 Å². The Morgan fingerprint density at radius 1 is 0.811 bits per heavy atom. The van der Waals surface area contributed by atoms with Crippen LogP contribution in [0.4, 0.5) is 4.39 Å². The van der Waals surface area contributed by atoms with Gasteiger partial charge in [-0.05, 0) is 68.2 Å². The summed E-state index contributed by atoms with van der Waals surface area (Å²) in [5, 5.41) is 7.99. The van der Waals surface area contributed by atoms with E-state index in [1.54, 1.807) is 34.1 Å². The number of amides is 3. The van der Waals surface area contributed by atoms with Gasteiger partial charge in [0.05, 0.1) is 35.4 Å². The average Bonchev–Trinajstić information content (AvgIpc) is 3.20. The van der Waals surface area contributed by atoms with Crippen LogP contribution >= 0.6 is 0 Å². The number of H-pyrrole nitrogens is 1. The lowest BCUT2D eigenvalue weighted by Gasteiger charge is -2.39. The molecule has 12 heteroatoms. The first kappa shape index (κ1) is 37.2. The van der Waals surface area contributed by atoms with Gasteiger partial charge in [0.25, 0.3) is 11.5 Å². The fourth-order valence-corrected chi connectivity index (χ4v) is 8.78. The summed E-state index contributed by atoms with van der Waals surface area (Å²) >= 11 is 0. The largest absolute Gasteiger partial charge is 0.375 e. The maximum absolute atomic E-state index is 15.0. The lowest BCUT2D eigenvalue weighted by molar-refractivity contribution is -0.141. The molecule has 3 amide bonds. The number of aromatic nitrogens is 2. The van der Waals surface area contributed by atoms with E-state index < -0.39 is 11.7 Å². The lowest BCUT2D eigenvalue weighted by Crippen LogP contribution is -2.53. The van der Waals surface area contributed by atoms with Gasteiger partial charge in [-0.3, -0.25) is 24.1 Å². The van der Waals surface area contributed by atoms with Crippen LogP contribution < -0.4 is 5.56 Å². The summed E-state index contributed by atoms with van der Waals surface area (Å²) in [6, 6.07) is 11.7. The van der Waals surface area contributed by atoms with Crippen molar-refractivity contribution in [1.82, 2.24) is 29.8 Å². The van der Waals surface area contributed by atoms with Crippen molar-refractivity contribution in [3.8, 4) is 0 Å². The summed E-state index contributed by atoms with van der Waals surface area (Å²) in [5.74, 6) is 0.0454. The highest BCUT2D eigenvalue weighted by atomic mass is 19.1. The smallest absolute Gasteiger partial charge is 0.272 e. The molecule has 4 fully saturated rings. The number of hydrogen-bond acceptors (Lipinski definition) is 7. The number of benzene rings is 2. The Morgan fingerprint density at radius 3 is 2.15 bits per heavy atom. The molecule has 11 nitrogen and oxygen atoms in total. The zero-order valence-corrected chi connectivity index (χ0v) is 30.9. The molecule has 53 heavy (non-hydrogen) atoms. The van der Waals surface area contributed by atoms with Crippen molar-refractivity contribution in [3.05, 3.63) is 75.5 Å². The molecule has 0 bridgehead atoms. The summed E-state index contributed by atoms with van der Waals surface area (Å²) in [5.41, 5.74) is 1.06. The molecule has 284 valence electrons. The number of rotatable bonds is 9. The lowest BCUT2D eigenvalue weighted by atomic mass is 9.80. The summed E-state index contributed by atoms with van der Waals surface area (Å²) in [4.78, 5) is 59.7. The van der Waals surface area contributed by atoms with Gasteiger partial charge in [-0.15, -0.1) is 0 Å². The predicted octanol–water partition coefficient (Wildman–Crippen LogP) is 4.63.